The van der Waals surface area contributed by atoms with Crippen LogP contribution in [0.1, 0.15) is 101 Å². The predicted octanol–water partition coefficient (Wildman–Crippen LogP) is 5.69. The van der Waals surface area contributed by atoms with Crippen LogP contribution in [0.2, 0.25) is 0 Å². The van der Waals surface area contributed by atoms with E-state index in [-0.39, 0.29) is 40.2 Å². The Morgan fingerprint density at radius 2 is 1.28 bits per heavy atom. The Balaban J connectivity index is 1.26. The molecule has 6 rings (SSSR count). The van der Waals surface area contributed by atoms with Gasteiger partial charge in [-0.2, -0.15) is 0 Å². The van der Waals surface area contributed by atoms with Crippen molar-refractivity contribution in [3.63, 3.8) is 0 Å². The smallest absolute Gasteiger partial charge is 0.250 e. The number of phenolic OH excluding ortho intramolecular Hbond substituents is 1. The van der Waals surface area contributed by atoms with E-state index in [2.05, 4.69) is 37.5 Å². The standard InChI is InChI=1S/C36H46N2O5/c1-33-15-5-17-35(3,28(33)13-9-22-7-11-24(19-26(22)33)37-30(41)21-39)31(42)38-32(43)36(4)18-6-16-34(2)27-20-25(40)12-8-23(27)10-14-29(34)36/h7-8,11-12,19-20,28-29,39-40H,5-6,9-10,13-18,21H2,1-4H3,(H,37,41)(H,38,42,43)/t28?,29-,33-,34-,35+,36+/m1/s1. The third kappa shape index (κ3) is 4.61. The van der Waals surface area contributed by atoms with Crippen LogP contribution < -0.4 is 10.6 Å². The van der Waals surface area contributed by atoms with Crippen molar-refractivity contribution in [2.24, 2.45) is 22.7 Å². The number of anilines is 1. The Morgan fingerprint density at radius 3 is 1.81 bits per heavy atom. The lowest BCUT2D eigenvalue weighted by Crippen LogP contribution is -2.60. The van der Waals surface area contributed by atoms with Crippen LogP contribution in [-0.4, -0.2) is 34.5 Å². The van der Waals surface area contributed by atoms with E-state index < -0.39 is 23.3 Å². The second kappa shape index (κ2) is 10.5. The van der Waals surface area contributed by atoms with Gasteiger partial charge in [-0.1, -0.05) is 52.7 Å². The van der Waals surface area contributed by atoms with Crippen molar-refractivity contribution in [2.75, 3.05) is 11.9 Å². The molecule has 4 aliphatic carbocycles. The lowest BCUT2D eigenvalue weighted by atomic mass is 9.49. The van der Waals surface area contributed by atoms with Crippen molar-refractivity contribution in [1.29, 1.82) is 0 Å². The van der Waals surface area contributed by atoms with Crippen LogP contribution in [-0.2, 0) is 38.1 Å². The van der Waals surface area contributed by atoms with Crippen LogP contribution in [0.25, 0.3) is 0 Å². The van der Waals surface area contributed by atoms with E-state index in [1.165, 1.54) is 11.1 Å². The van der Waals surface area contributed by atoms with E-state index in [1.54, 1.807) is 6.07 Å². The highest BCUT2D eigenvalue weighted by Gasteiger charge is 2.58. The van der Waals surface area contributed by atoms with Crippen LogP contribution >= 0.6 is 0 Å². The van der Waals surface area contributed by atoms with Crippen LogP contribution in [0.3, 0.4) is 0 Å². The molecule has 0 aromatic heterocycles. The Morgan fingerprint density at radius 1 is 0.767 bits per heavy atom. The Hall–Kier alpha value is -3.19. The number of aromatic hydroxyl groups is 1. The molecule has 2 aromatic carbocycles. The zero-order valence-corrected chi connectivity index (χ0v) is 26.0. The van der Waals surface area contributed by atoms with Gasteiger partial charge in [0.25, 0.3) is 0 Å². The zero-order chi connectivity index (χ0) is 30.8. The third-order valence-electron chi connectivity index (χ3n) is 12.4. The SMILES string of the molecule is C[C@]1(C(=O)NC(=O)[C@@]2(C)CCC[C@]3(C)c4cc(O)ccc4CC[C@@H]23)CCC[C@]2(C)c3cc(NC(=O)CO)ccc3CCC12. The number of aliphatic hydroxyl groups excluding tert-OH is 1. The molecule has 6 atom stereocenters. The van der Waals surface area contributed by atoms with Gasteiger partial charge in [0, 0.05) is 5.69 Å². The minimum atomic E-state index is -0.704. The molecule has 4 N–H and O–H groups in total. The average Bonchev–Trinajstić information content (AvgIpc) is 2.97. The highest BCUT2D eigenvalue weighted by Crippen LogP contribution is 2.59. The summed E-state index contributed by atoms with van der Waals surface area (Å²) in [4.78, 5) is 40.5. The van der Waals surface area contributed by atoms with E-state index >= 15 is 0 Å². The number of carbonyl (C=O) groups excluding carboxylic acids is 3. The van der Waals surface area contributed by atoms with Gasteiger partial charge >= 0.3 is 0 Å². The summed E-state index contributed by atoms with van der Waals surface area (Å²) >= 11 is 0. The van der Waals surface area contributed by atoms with Gasteiger partial charge in [-0.25, -0.2) is 0 Å². The molecule has 4 aliphatic rings. The molecule has 7 heteroatoms. The number of aliphatic hydroxyl groups is 1. The van der Waals surface area contributed by atoms with E-state index in [9.17, 15) is 24.6 Å². The van der Waals surface area contributed by atoms with Crippen molar-refractivity contribution in [2.45, 2.75) is 103 Å². The van der Waals surface area contributed by atoms with Crippen molar-refractivity contribution in [1.82, 2.24) is 5.32 Å². The molecule has 2 fully saturated rings. The van der Waals surface area contributed by atoms with Crippen LogP contribution in [0.5, 0.6) is 5.75 Å². The first-order valence-corrected chi connectivity index (χ1v) is 16.1. The number of hydrogen-bond donors (Lipinski definition) is 4. The molecular weight excluding hydrogens is 540 g/mol. The Bertz CT molecular complexity index is 1490. The van der Waals surface area contributed by atoms with Gasteiger partial charge in [0.15, 0.2) is 0 Å². The summed E-state index contributed by atoms with van der Waals surface area (Å²) in [6.45, 7) is 8.01. The average molecular weight is 587 g/mol. The van der Waals surface area contributed by atoms with Crippen molar-refractivity contribution in [3.05, 3.63) is 58.7 Å². The molecule has 43 heavy (non-hydrogen) atoms. The third-order valence-corrected chi connectivity index (χ3v) is 12.4. The Labute approximate surface area is 254 Å². The summed E-state index contributed by atoms with van der Waals surface area (Å²) in [6.07, 6.45) is 8.59. The lowest BCUT2D eigenvalue weighted by molar-refractivity contribution is -0.150. The normalized spacial score (nSPS) is 34.5. The minimum Gasteiger partial charge on any atom is -0.508 e. The molecule has 1 unspecified atom stereocenters. The number of aryl methyl sites for hydroxylation is 2. The summed E-state index contributed by atoms with van der Waals surface area (Å²) in [5.74, 6) is -0.381. The number of rotatable bonds is 4. The Kier molecular flexibility index (Phi) is 7.27. The topological polar surface area (TPSA) is 116 Å². The number of nitrogens with one attached hydrogen (secondary N) is 2. The first-order valence-electron chi connectivity index (χ1n) is 16.1. The molecule has 0 radical (unpaired) electrons. The van der Waals surface area contributed by atoms with Crippen molar-refractivity contribution >= 4 is 23.4 Å². The maximum absolute atomic E-state index is 14.3. The molecule has 7 nitrogen and oxygen atoms in total. The second-order valence-corrected chi connectivity index (χ2v) is 14.8. The van der Waals surface area contributed by atoms with Gasteiger partial charge in [0.1, 0.15) is 12.4 Å². The predicted molar refractivity (Wildman–Crippen MR) is 166 cm³/mol. The number of hydrogen-bond acceptors (Lipinski definition) is 5. The molecule has 0 bridgehead atoms. The van der Waals surface area contributed by atoms with Gasteiger partial charge in [0.2, 0.25) is 17.7 Å². The number of benzene rings is 2. The largest absolute Gasteiger partial charge is 0.508 e. The molecule has 2 saturated carbocycles. The summed E-state index contributed by atoms with van der Waals surface area (Å²) in [5, 5.41) is 25.3. The maximum Gasteiger partial charge on any atom is 0.250 e. The number of imide groups is 1. The zero-order valence-electron chi connectivity index (χ0n) is 26.0. The summed E-state index contributed by atoms with van der Waals surface area (Å²) in [5.41, 5.74) is 3.56. The molecule has 0 heterocycles. The monoisotopic (exact) mass is 586 g/mol. The van der Waals surface area contributed by atoms with Crippen molar-refractivity contribution < 1.29 is 24.6 Å². The van der Waals surface area contributed by atoms with Gasteiger partial charge in [0.05, 0.1) is 10.8 Å². The molecular formula is C36H46N2O5. The van der Waals surface area contributed by atoms with Gasteiger partial charge < -0.3 is 15.5 Å². The fourth-order valence-electron chi connectivity index (χ4n) is 10.1. The fraction of sp³-hybridized carbons (Fsp3) is 0.583. The van der Waals surface area contributed by atoms with Crippen molar-refractivity contribution in [3.8, 4) is 5.75 Å². The molecule has 230 valence electrons. The molecule has 2 aromatic rings. The maximum atomic E-state index is 14.3. The van der Waals surface area contributed by atoms with E-state index in [1.807, 2.05) is 31.2 Å². The summed E-state index contributed by atoms with van der Waals surface area (Å²) < 4.78 is 0. The lowest BCUT2D eigenvalue weighted by Gasteiger charge is -2.56. The number of fused-ring (bicyclic) bond motifs is 6. The number of carbonyl (C=O) groups is 3. The molecule has 0 aliphatic heterocycles. The second-order valence-electron chi connectivity index (χ2n) is 14.8. The van der Waals surface area contributed by atoms with Crippen LogP contribution in [0.15, 0.2) is 36.4 Å². The first-order chi connectivity index (χ1) is 20.3. The van der Waals surface area contributed by atoms with Gasteiger partial charge in [-0.15, -0.1) is 0 Å². The van der Waals surface area contributed by atoms with Gasteiger partial charge in [-0.05, 0) is 121 Å². The highest BCUT2D eigenvalue weighted by molar-refractivity contribution is 6.01. The molecule has 3 amide bonds. The summed E-state index contributed by atoms with van der Waals surface area (Å²) in [6, 6.07) is 11.6. The molecule has 0 saturated heterocycles. The van der Waals surface area contributed by atoms with Crippen LogP contribution in [0, 0.1) is 22.7 Å². The van der Waals surface area contributed by atoms with E-state index in [4.69, 9.17) is 0 Å². The number of amides is 3. The molecule has 0 spiro atoms. The quantitative estimate of drug-likeness (QED) is 0.344. The number of phenols is 1. The first kappa shape index (κ1) is 29.9. The van der Waals surface area contributed by atoms with E-state index in [0.717, 1.165) is 75.3 Å². The minimum absolute atomic E-state index is 0.0480. The highest BCUT2D eigenvalue weighted by atomic mass is 16.3. The van der Waals surface area contributed by atoms with Crippen LogP contribution in [0.4, 0.5) is 5.69 Å². The summed E-state index contributed by atoms with van der Waals surface area (Å²) in [7, 11) is 0. The fourth-order valence-corrected chi connectivity index (χ4v) is 10.1. The van der Waals surface area contributed by atoms with E-state index in [0.29, 0.717) is 5.69 Å². The van der Waals surface area contributed by atoms with Gasteiger partial charge in [-0.3, -0.25) is 19.7 Å².